The summed E-state index contributed by atoms with van der Waals surface area (Å²) in [5.74, 6) is 0. The van der Waals surface area contributed by atoms with E-state index in [2.05, 4.69) is 23.3 Å². The molecule has 0 bridgehead atoms. The van der Waals surface area contributed by atoms with E-state index in [9.17, 15) is 5.11 Å². The Kier molecular flexibility index (Phi) is 15.3. The van der Waals surface area contributed by atoms with Crippen LogP contribution in [0.2, 0.25) is 0 Å². The predicted octanol–water partition coefficient (Wildman–Crippen LogP) is 3.51. The van der Waals surface area contributed by atoms with Gasteiger partial charge in [0.25, 0.3) is 0 Å². The number of rotatable bonds is 16. The first-order chi connectivity index (χ1) is 10.5. The average molecular weight is 356 g/mol. The Morgan fingerprint density at radius 2 is 1.36 bits per heavy atom. The number of aliphatic hydroxyl groups is 1. The second-order valence-corrected chi connectivity index (χ2v) is 8.36. The summed E-state index contributed by atoms with van der Waals surface area (Å²) in [6, 6.07) is 0. The molecule has 134 valence electrons. The van der Waals surface area contributed by atoms with Gasteiger partial charge in [0, 0.05) is 6.61 Å². The highest BCUT2D eigenvalue weighted by atomic mass is 32.5. The molecule has 0 aromatic rings. The standard InChI is InChI=1S/C15H33O5PS/c1-2-3-4-5-6-7-8-9-10-11-12-19-13-15(16)14-20-21(17,18)22/h15-16H,2-14H2,1H3,(H2,17,18,22). The minimum Gasteiger partial charge on any atom is -0.388 e. The van der Waals surface area contributed by atoms with Crippen molar-refractivity contribution in [1.82, 2.24) is 0 Å². The van der Waals surface area contributed by atoms with E-state index in [0.717, 1.165) is 12.8 Å². The normalized spacial score (nSPS) is 13.5. The summed E-state index contributed by atoms with van der Waals surface area (Å²) >= 11 is 4.29. The van der Waals surface area contributed by atoms with Crippen molar-refractivity contribution < 1.29 is 24.2 Å². The van der Waals surface area contributed by atoms with Gasteiger partial charge in [-0.3, -0.25) is 0 Å². The molecule has 0 spiro atoms. The van der Waals surface area contributed by atoms with Gasteiger partial charge in [0.05, 0.1) is 13.2 Å². The van der Waals surface area contributed by atoms with Crippen LogP contribution in [-0.4, -0.2) is 40.8 Å². The molecule has 0 aliphatic carbocycles. The van der Waals surface area contributed by atoms with Crippen molar-refractivity contribution in [2.75, 3.05) is 19.8 Å². The van der Waals surface area contributed by atoms with Crippen LogP contribution in [0.1, 0.15) is 71.1 Å². The van der Waals surface area contributed by atoms with Crippen molar-refractivity contribution in [3.05, 3.63) is 0 Å². The van der Waals surface area contributed by atoms with Gasteiger partial charge in [-0.15, -0.1) is 0 Å². The van der Waals surface area contributed by atoms with Crippen LogP contribution in [0.25, 0.3) is 0 Å². The third kappa shape index (κ3) is 18.5. The van der Waals surface area contributed by atoms with Crippen LogP contribution in [-0.2, 0) is 21.1 Å². The van der Waals surface area contributed by atoms with Gasteiger partial charge >= 0.3 is 6.72 Å². The summed E-state index contributed by atoms with van der Waals surface area (Å²) < 4.78 is 9.87. The lowest BCUT2D eigenvalue weighted by Gasteiger charge is -2.13. The Morgan fingerprint density at radius 1 is 0.864 bits per heavy atom. The lowest BCUT2D eigenvalue weighted by molar-refractivity contribution is 0.00838. The summed E-state index contributed by atoms with van der Waals surface area (Å²) in [7, 11) is 0. The SMILES string of the molecule is CCCCCCCCCCCCOCC(O)COP(O)(O)=S. The summed E-state index contributed by atoms with van der Waals surface area (Å²) in [5, 5.41) is 9.47. The van der Waals surface area contributed by atoms with E-state index in [1.165, 1.54) is 51.4 Å². The van der Waals surface area contributed by atoms with Crippen LogP contribution in [0.15, 0.2) is 0 Å². The van der Waals surface area contributed by atoms with Gasteiger partial charge in [-0.1, -0.05) is 64.7 Å². The molecule has 7 heteroatoms. The van der Waals surface area contributed by atoms with Gasteiger partial charge in [-0.25, -0.2) is 0 Å². The summed E-state index contributed by atoms with van der Waals surface area (Å²) in [4.78, 5) is 17.7. The van der Waals surface area contributed by atoms with Gasteiger partial charge in [-0.2, -0.15) is 0 Å². The molecule has 1 atom stereocenters. The monoisotopic (exact) mass is 356 g/mol. The largest absolute Gasteiger partial charge is 0.388 e. The zero-order valence-corrected chi connectivity index (χ0v) is 15.5. The molecule has 0 saturated heterocycles. The molecule has 0 radical (unpaired) electrons. The molecule has 0 heterocycles. The predicted molar refractivity (Wildman–Crippen MR) is 93.3 cm³/mol. The summed E-state index contributed by atoms with van der Waals surface area (Å²) in [5.41, 5.74) is 0. The van der Waals surface area contributed by atoms with Crippen molar-refractivity contribution in [1.29, 1.82) is 0 Å². The van der Waals surface area contributed by atoms with Crippen molar-refractivity contribution in [3.63, 3.8) is 0 Å². The number of aliphatic hydroxyl groups excluding tert-OH is 1. The number of ether oxygens (including phenoxy) is 1. The Hall–Kier alpha value is 0.450. The van der Waals surface area contributed by atoms with E-state index in [1.54, 1.807) is 0 Å². The molecule has 0 aliphatic rings. The quantitative estimate of drug-likeness (QED) is 0.290. The Balaban J connectivity index is 3.18. The first kappa shape index (κ1) is 22.4. The molecule has 0 amide bonds. The molecule has 1 unspecified atom stereocenters. The van der Waals surface area contributed by atoms with Crippen LogP contribution in [0.5, 0.6) is 0 Å². The molecule has 0 aliphatic heterocycles. The zero-order chi connectivity index (χ0) is 16.7. The fourth-order valence-corrected chi connectivity index (χ4v) is 2.69. The topological polar surface area (TPSA) is 79.2 Å². The van der Waals surface area contributed by atoms with Crippen LogP contribution >= 0.6 is 6.72 Å². The Morgan fingerprint density at radius 3 is 1.86 bits per heavy atom. The Labute approximate surface area is 140 Å². The van der Waals surface area contributed by atoms with Crippen LogP contribution < -0.4 is 0 Å². The molecular formula is C15H33O5PS. The second kappa shape index (κ2) is 15.0. The molecule has 3 N–H and O–H groups in total. The average Bonchev–Trinajstić information content (AvgIpc) is 2.45. The minimum atomic E-state index is -3.67. The molecule has 5 nitrogen and oxygen atoms in total. The Bertz CT molecular complexity index is 285. The van der Waals surface area contributed by atoms with Crippen molar-refractivity contribution in [2.45, 2.75) is 77.2 Å². The van der Waals surface area contributed by atoms with E-state index in [0.29, 0.717) is 6.61 Å². The van der Waals surface area contributed by atoms with E-state index in [4.69, 9.17) is 14.5 Å². The maximum absolute atomic E-state index is 9.47. The van der Waals surface area contributed by atoms with Gasteiger partial charge in [0.1, 0.15) is 6.10 Å². The zero-order valence-electron chi connectivity index (χ0n) is 13.8. The molecule has 0 fully saturated rings. The minimum absolute atomic E-state index is 0.132. The van der Waals surface area contributed by atoms with Gasteiger partial charge in [0.15, 0.2) is 0 Å². The van der Waals surface area contributed by atoms with E-state index in [1.807, 2.05) is 0 Å². The number of hydrogen-bond acceptors (Lipinski definition) is 4. The lowest BCUT2D eigenvalue weighted by Crippen LogP contribution is -2.21. The van der Waals surface area contributed by atoms with Crippen molar-refractivity contribution in [3.8, 4) is 0 Å². The molecule has 22 heavy (non-hydrogen) atoms. The third-order valence-corrected chi connectivity index (χ3v) is 4.19. The first-order valence-electron chi connectivity index (χ1n) is 8.41. The maximum atomic E-state index is 9.47. The highest BCUT2D eigenvalue weighted by molar-refractivity contribution is 8.06. The van der Waals surface area contributed by atoms with Gasteiger partial charge in [0.2, 0.25) is 0 Å². The van der Waals surface area contributed by atoms with Gasteiger partial charge < -0.3 is 24.2 Å². The van der Waals surface area contributed by atoms with Crippen LogP contribution in [0.4, 0.5) is 0 Å². The molecule has 0 aromatic carbocycles. The van der Waals surface area contributed by atoms with Crippen LogP contribution in [0, 0.1) is 0 Å². The lowest BCUT2D eigenvalue weighted by atomic mass is 10.1. The van der Waals surface area contributed by atoms with E-state index in [-0.39, 0.29) is 13.2 Å². The summed E-state index contributed by atoms with van der Waals surface area (Å²) in [6.07, 6.45) is 11.9. The highest BCUT2D eigenvalue weighted by Crippen LogP contribution is 2.36. The fourth-order valence-electron chi connectivity index (χ4n) is 2.14. The van der Waals surface area contributed by atoms with Crippen molar-refractivity contribution >= 4 is 18.5 Å². The van der Waals surface area contributed by atoms with Gasteiger partial charge in [-0.05, 0) is 18.2 Å². The van der Waals surface area contributed by atoms with E-state index >= 15 is 0 Å². The smallest absolute Gasteiger partial charge is 0.321 e. The first-order valence-corrected chi connectivity index (χ1v) is 11.0. The van der Waals surface area contributed by atoms with Crippen LogP contribution in [0.3, 0.4) is 0 Å². The molecular weight excluding hydrogens is 323 g/mol. The highest BCUT2D eigenvalue weighted by Gasteiger charge is 2.12. The van der Waals surface area contributed by atoms with E-state index < -0.39 is 12.8 Å². The fraction of sp³-hybridized carbons (Fsp3) is 1.00. The second-order valence-electron chi connectivity index (χ2n) is 5.70. The van der Waals surface area contributed by atoms with Crippen molar-refractivity contribution in [2.24, 2.45) is 0 Å². The molecule has 0 saturated carbocycles. The molecule has 0 aromatic heterocycles. The summed E-state index contributed by atoms with van der Waals surface area (Å²) in [6.45, 7) is -0.898. The number of hydrogen-bond donors (Lipinski definition) is 3. The molecule has 0 rings (SSSR count). The third-order valence-electron chi connectivity index (χ3n) is 3.39. The maximum Gasteiger partial charge on any atom is 0.321 e. The number of unbranched alkanes of at least 4 members (excludes halogenated alkanes) is 9.